The van der Waals surface area contributed by atoms with Gasteiger partial charge in [-0.25, -0.2) is 0 Å². The van der Waals surface area contributed by atoms with Crippen molar-refractivity contribution in [3.63, 3.8) is 0 Å². The molecule has 5 heteroatoms. The van der Waals surface area contributed by atoms with E-state index in [9.17, 15) is 4.79 Å². The first-order valence-corrected chi connectivity index (χ1v) is 10.4. The predicted octanol–water partition coefficient (Wildman–Crippen LogP) is 4.45. The molecule has 1 aliphatic carbocycles. The monoisotopic (exact) mass is 392 g/mol. The lowest BCUT2D eigenvalue weighted by atomic mass is 10.1. The summed E-state index contributed by atoms with van der Waals surface area (Å²) >= 11 is 0. The molecule has 4 rings (SSSR count). The molecule has 5 nitrogen and oxygen atoms in total. The normalized spacial score (nSPS) is 14.4. The van der Waals surface area contributed by atoms with Gasteiger partial charge < -0.3 is 19.8 Å². The van der Waals surface area contributed by atoms with Crippen LogP contribution in [0.15, 0.2) is 52.9 Å². The zero-order valence-corrected chi connectivity index (χ0v) is 16.9. The smallest absolute Gasteiger partial charge is 0.287 e. The second kappa shape index (κ2) is 9.14. The van der Waals surface area contributed by atoms with Crippen LogP contribution in [-0.4, -0.2) is 25.6 Å². The molecule has 0 atom stereocenters. The van der Waals surface area contributed by atoms with Crippen LogP contribution in [0.25, 0.3) is 11.0 Å². The number of hydrogen-bond acceptors (Lipinski definition) is 4. The van der Waals surface area contributed by atoms with Crippen LogP contribution < -0.4 is 15.4 Å². The third kappa shape index (κ3) is 4.62. The number of nitrogens with one attached hydrogen (secondary N) is 2. The number of methoxy groups -OCH3 is 1. The summed E-state index contributed by atoms with van der Waals surface area (Å²) < 4.78 is 11.3. The number of fused-ring (bicyclic) bond motifs is 1. The molecular weight excluding hydrogens is 364 g/mol. The van der Waals surface area contributed by atoms with E-state index in [2.05, 4.69) is 28.8 Å². The Hall–Kier alpha value is -2.79. The molecule has 2 N–H and O–H groups in total. The van der Waals surface area contributed by atoms with Crippen molar-refractivity contribution in [1.82, 2.24) is 10.6 Å². The van der Waals surface area contributed by atoms with Crippen LogP contribution >= 0.6 is 0 Å². The highest BCUT2D eigenvalue weighted by Crippen LogP contribution is 2.32. The summed E-state index contributed by atoms with van der Waals surface area (Å²) in [5, 5.41) is 7.52. The number of hydrogen-bond donors (Lipinski definition) is 2. The molecule has 0 saturated heterocycles. The molecule has 1 aliphatic rings. The maximum atomic E-state index is 12.6. The quantitative estimate of drug-likeness (QED) is 0.595. The van der Waals surface area contributed by atoms with Crippen LogP contribution in [0.4, 0.5) is 0 Å². The molecule has 1 saturated carbocycles. The molecule has 3 aromatic rings. The van der Waals surface area contributed by atoms with E-state index >= 15 is 0 Å². The maximum Gasteiger partial charge on any atom is 0.287 e. The zero-order chi connectivity index (χ0) is 20.1. The fourth-order valence-corrected chi connectivity index (χ4v) is 4.02. The lowest BCUT2D eigenvalue weighted by Gasteiger charge is -2.12. The fraction of sp³-hybridized carbons (Fsp3) is 0.375. The van der Waals surface area contributed by atoms with Crippen LogP contribution in [0.2, 0.25) is 0 Å². The van der Waals surface area contributed by atoms with Gasteiger partial charge in [-0.2, -0.15) is 0 Å². The fourth-order valence-electron chi connectivity index (χ4n) is 4.02. The van der Waals surface area contributed by atoms with Gasteiger partial charge in [-0.3, -0.25) is 4.79 Å². The summed E-state index contributed by atoms with van der Waals surface area (Å²) in [4.78, 5) is 12.6. The highest BCUT2D eigenvalue weighted by Gasteiger charge is 2.19. The van der Waals surface area contributed by atoms with Gasteiger partial charge in [0, 0.05) is 24.5 Å². The van der Waals surface area contributed by atoms with Crippen molar-refractivity contribution in [2.45, 2.75) is 44.7 Å². The Labute approximate surface area is 171 Å². The summed E-state index contributed by atoms with van der Waals surface area (Å²) in [5.74, 6) is 0.765. The van der Waals surface area contributed by atoms with Crippen molar-refractivity contribution in [3.8, 4) is 5.75 Å². The molecule has 0 unspecified atom stereocenters. The molecule has 2 aromatic carbocycles. The van der Waals surface area contributed by atoms with Gasteiger partial charge in [-0.05, 0) is 42.5 Å². The van der Waals surface area contributed by atoms with Crippen molar-refractivity contribution < 1.29 is 13.9 Å². The van der Waals surface area contributed by atoms with Crippen LogP contribution in [0.5, 0.6) is 5.75 Å². The van der Waals surface area contributed by atoms with Gasteiger partial charge >= 0.3 is 0 Å². The highest BCUT2D eigenvalue weighted by molar-refractivity contribution is 5.98. The first-order chi connectivity index (χ1) is 14.2. The molecule has 0 radical (unpaired) electrons. The molecule has 29 heavy (non-hydrogen) atoms. The minimum Gasteiger partial charge on any atom is -0.493 e. The predicted molar refractivity (Wildman–Crippen MR) is 114 cm³/mol. The van der Waals surface area contributed by atoms with Crippen molar-refractivity contribution in [1.29, 1.82) is 0 Å². The van der Waals surface area contributed by atoms with E-state index in [0.29, 0.717) is 29.7 Å². The minimum absolute atomic E-state index is 0.200. The molecule has 0 aliphatic heterocycles. The first-order valence-electron chi connectivity index (χ1n) is 10.4. The van der Waals surface area contributed by atoms with Crippen molar-refractivity contribution in [2.75, 3.05) is 13.7 Å². The number of rotatable bonds is 8. The number of benzene rings is 2. The average molecular weight is 392 g/mol. The number of furan rings is 1. The van der Waals surface area contributed by atoms with Gasteiger partial charge in [0.25, 0.3) is 5.91 Å². The zero-order valence-electron chi connectivity index (χ0n) is 16.9. The summed E-state index contributed by atoms with van der Waals surface area (Å²) in [7, 11) is 1.62. The van der Waals surface area contributed by atoms with E-state index in [1.807, 2.05) is 30.3 Å². The van der Waals surface area contributed by atoms with E-state index < -0.39 is 0 Å². The third-order valence-electron chi connectivity index (χ3n) is 5.66. The van der Waals surface area contributed by atoms with E-state index in [-0.39, 0.29) is 5.91 Å². The topological polar surface area (TPSA) is 63.5 Å². The Morgan fingerprint density at radius 2 is 1.93 bits per heavy atom. The largest absolute Gasteiger partial charge is 0.493 e. The van der Waals surface area contributed by atoms with E-state index in [0.717, 1.165) is 23.9 Å². The summed E-state index contributed by atoms with van der Waals surface area (Å²) in [6, 6.07) is 16.5. The van der Waals surface area contributed by atoms with Gasteiger partial charge in [-0.1, -0.05) is 49.2 Å². The maximum absolute atomic E-state index is 12.6. The Morgan fingerprint density at radius 3 is 2.69 bits per heavy atom. The Bertz CT molecular complexity index is 959. The second-order valence-electron chi connectivity index (χ2n) is 7.63. The van der Waals surface area contributed by atoms with Crippen LogP contribution in [0.3, 0.4) is 0 Å². The Balaban J connectivity index is 1.47. The lowest BCUT2D eigenvalue weighted by Crippen LogP contribution is -2.25. The molecule has 1 fully saturated rings. The SMILES string of the molecule is COc1ccc(CNC2CCCC2)c2cc(C(=O)NCCc3ccccc3)oc12. The second-order valence-corrected chi connectivity index (χ2v) is 7.63. The van der Waals surface area contributed by atoms with Crippen molar-refractivity contribution in [3.05, 3.63) is 65.4 Å². The number of carbonyl (C=O) groups excluding carboxylic acids is 1. The Morgan fingerprint density at radius 1 is 1.14 bits per heavy atom. The third-order valence-corrected chi connectivity index (χ3v) is 5.66. The van der Waals surface area contributed by atoms with E-state index in [4.69, 9.17) is 9.15 Å². The molecule has 1 aromatic heterocycles. The lowest BCUT2D eigenvalue weighted by molar-refractivity contribution is 0.0928. The van der Waals surface area contributed by atoms with Crippen molar-refractivity contribution >= 4 is 16.9 Å². The van der Waals surface area contributed by atoms with Gasteiger partial charge in [0.15, 0.2) is 17.1 Å². The van der Waals surface area contributed by atoms with Gasteiger partial charge in [-0.15, -0.1) is 0 Å². The van der Waals surface area contributed by atoms with Gasteiger partial charge in [0.2, 0.25) is 0 Å². The molecule has 0 spiro atoms. The van der Waals surface area contributed by atoms with E-state index in [1.54, 1.807) is 7.11 Å². The minimum atomic E-state index is -0.200. The van der Waals surface area contributed by atoms with Crippen molar-refractivity contribution in [2.24, 2.45) is 0 Å². The van der Waals surface area contributed by atoms with Crippen LogP contribution in [0.1, 0.15) is 47.4 Å². The van der Waals surface area contributed by atoms with Gasteiger partial charge in [0.1, 0.15) is 0 Å². The number of ether oxygens (including phenoxy) is 1. The molecule has 0 bridgehead atoms. The molecule has 1 heterocycles. The summed E-state index contributed by atoms with van der Waals surface area (Å²) in [6.45, 7) is 1.33. The highest BCUT2D eigenvalue weighted by atomic mass is 16.5. The standard InChI is InChI=1S/C24H28N2O3/c1-28-21-12-11-18(16-26-19-9-5-6-10-19)20-15-22(29-23(20)21)24(27)25-14-13-17-7-3-2-4-8-17/h2-4,7-8,11-12,15,19,26H,5-6,9-10,13-14,16H2,1H3,(H,25,27). The summed E-state index contributed by atoms with van der Waals surface area (Å²) in [5.41, 5.74) is 2.95. The molecule has 152 valence electrons. The Kier molecular flexibility index (Phi) is 6.15. The average Bonchev–Trinajstić information content (AvgIpc) is 3.43. The van der Waals surface area contributed by atoms with Gasteiger partial charge in [0.05, 0.1) is 7.11 Å². The molecule has 1 amide bonds. The van der Waals surface area contributed by atoms with Crippen LogP contribution in [0, 0.1) is 0 Å². The van der Waals surface area contributed by atoms with Crippen LogP contribution in [-0.2, 0) is 13.0 Å². The summed E-state index contributed by atoms with van der Waals surface area (Å²) in [6.07, 6.45) is 5.86. The molecular formula is C24H28N2O3. The van der Waals surface area contributed by atoms with E-state index in [1.165, 1.54) is 31.2 Å². The number of amides is 1. The number of carbonyl (C=O) groups is 1. The first kappa shape index (κ1) is 19.5.